The third-order valence-electron chi connectivity index (χ3n) is 6.67. The summed E-state index contributed by atoms with van der Waals surface area (Å²) >= 11 is 0. The summed E-state index contributed by atoms with van der Waals surface area (Å²) in [7, 11) is 0. The molecule has 0 amide bonds. The second-order valence-corrected chi connectivity index (χ2v) is 7.70. The van der Waals surface area contributed by atoms with Crippen molar-refractivity contribution < 1.29 is 0 Å². The van der Waals surface area contributed by atoms with Gasteiger partial charge in [0, 0.05) is 23.8 Å². The first-order valence-corrected chi connectivity index (χ1v) is 10.2. The maximum atomic E-state index is 4.67. The lowest BCUT2D eigenvalue weighted by molar-refractivity contribution is 0.354. The van der Waals surface area contributed by atoms with Crippen LogP contribution in [0.4, 0.5) is 22.9 Å². The van der Waals surface area contributed by atoms with Crippen LogP contribution in [0.1, 0.15) is 45.1 Å². The number of hydrogen-bond donors (Lipinski definition) is 0. The Morgan fingerprint density at radius 2 is 1.75 bits per heavy atom. The summed E-state index contributed by atoms with van der Waals surface area (Å²) in [6, 6.07) is 13.1. The van der Waals surface area contributed by atoms with E-state index in [0.29, 0.717) is 0 Å². The Morgan fingerprint density at radius 1 is 0.964 bits per heavy atom. The van der Waals surface area contributed by atoms with Gasteiger partial charge in [-0.15, -0.1) is 0 Å². The van der Waals surface area contributed by atoms with Crippen molar-refractivity contribution in [2.75, 3.05) is 9.80 Å². The summed E-state index contributed by atoms with van der Waals surface area (Å²) in [5, 5.41) is 0. The molecule has 2 aliphatic rings. The molecule has 0 saturated carbocycles. The Hall–Kier alpha value is -2.95. The summed E-state index contributed by atoms with van der Waals surface area (Å²) in [4.78, 5) is 18.1. The minimum absolute atomic E-state index is 0.190. The van der Waals surface area contributed by atoms with E-state index < -0.39 is 0 Å². The molecule has 1 unspecified atom stereocenters. The van der Waals surface area contributed by atoms with E-state index in [-0.39, 0.29) is 11.6 Å². The summed E-state index contributed by atoms with van der Waals surface area (Å²) in [6.45, 7) is 4.66. The van der Waals surface area contributed by atoms with Crippen LogP contribution in [0.25, 0.3) is 0 Å². The van der Waals surface area contributed by atoms with E-state index in [1.165, 1.54) is 11.3 Å². The molecule has 2 aromatic heterocycles. The third-order valence-corrected chi connectivity index (χ3v) is 6.67. The highest BCUT2D eigenvalue weighted by molar-refractivity contribution is 5.86. The van der Waals surface area contributed by atoms with Crippen LogP contribution in [0.5, 0.6) is 0 Å². The van der Waals surface area contributed by atoms with Gasteiger partial charge in [-0.2, -0.15) is 0 Å². The standard InChI is InChI=1S/C23H25N5/c1-3-23(4-2)12-9-21-27(17-10-13-24-14-11-17)22-20(15-25-16-26-22)28(21)19-8-6-5-7-18(19)23/h5-8,10-11,13-16,21H,3-4,9,12H2,1-2H3. The van der Waals surface area contributed by atoms with Crippen LogP contribution in [0.3, 0.4) is 0 Å². The molecule has 28 heavy (non-hydrogen) atoms. The van der Waals surface area contributed by atoms with Gasteiger partial charge in [0.25, 0.3) is 0 Å². The van der Waals surface area contributed by atoms with Crippen LogP contribution in [-0.4, -0.2) is 21.1 Å². The van der Waals surface area contributed by atoms with Crippen LogP contribution in [0.15, 0.2) is 61.3 Å². The monoisotopic (exact) mass is 371 g/mol. The first kappa shape index (κ1) is 17.2. The molecule has 0 radical (unpaired) electrons. The minimum Gasteiger partial charge on any atom is -0.315 e. The van der Waals surface area contributed by atoms with E-state index in [2.05, 4.69) is 75.0 Å². The summed E-state index contributed by atoms with van der Waals surface area (Å²) in [5.41, 5.74) is 5.16. The van der Waals surface area contributed by atoms with Gasteiger partial charge >= 0.3 is 0 Å². The predicted molar refractivity (Wildman–Crippen MR) is 112 cm³/mol. The lowest BCUT2D eigenvalue weighted by atomic mass is 9.72. The van der Waals surface area contributed by atoms with Crippen LogP contribution >= 0.6 is 0 Å². The second kappa shape index (κ2) is 6.59. The lowest BCUT2D eigenvalue weighted by Gasteiger charge is -2.33. The number of fused-ring (bicyclic) bond motifs is 5. The van der Waals surface area contributed by atoms with Crippen molar-refractivity contribution >= 4 is 22.9 Å². The molecule has 5 nitrogen and oxygen atoms in total. The van der Waals surface area contributed by atoms with Gasteiger partial charge in [-0.1, -0.05) is 32.0 Å². The second-order valence-electron chi connectivity index (χ2n) is 7.70. The number of hydrogen-bond acceptors (Lipinski definition) is 5. The van der Waals surface area contributed by atoms with Gasteiger partial charge in [0.2, 0.25) is 0 Å². The van der Waals surface area contributed by atoms with Crippen LogP contribution < -0.4 is 9.80 Å². The molecular formula is C23H25N5. The molecule has 0 saturated heterocycles. The molecule has 0 aliphatic carbocycles. The van der Waals surface area contributed by atoms with E-state index in [9.17, 15) is 0 Å². The van der Waals surface area contributed by atoms with Crippen molar-refractivity contribution in [2.45, 2.75) is 51.1 Å². The van der Waals surface area contributed by atoms with Gasteiger partial charge in [-0.25, -0.2) is 9.97 Å². The predicted octanol–water partition coefficient (Wildman–Crippen LogP) is 5.34. The number of aromatic nitrogens is 3. The minimum atomic E-state index is 0.190. The molecule has 5 rings (SSSR count). The Labute approximate surface area is 166 Å². The van der Waals surface area contributed by atoms with Crippen LogP contribution in [0.2, 0.25) is 0 Å². The largest absolute Gasteiger partial charge is 0.315 e. The maximum absolute atomic E-state index is 4.67. The van der Waals surface area contributed by atoms with Gasteiger partial charge in [0.15, 0.2) is 5.82 Å². The topological polar surface area (TPSA) is 45.2 Å². The molecule has 0 bridgehead atoms. The van der Waals surface area contributed by atoms with Crippen molar-refractivity contribution in [3.63, 3.8) is 0 Å². The number of benzene rings is 1. The fraction of sp³-hybridized carbons (Fsp3) is 0.348. The molecular weight excluding hydrogens is 346 g/mol. The molecule has 2 aliphatic heterocycles. The highest BCUT2D eigenvalue weighted by atomic mass is 15.5. The number of para-hydroxylation sites is 1. The van der Waals surface area contributed by atoms with Crippen molar-refractivity contribution in [1.82, 2.24) is 15.0 Å². The average molecular weight is 371 g/mol. The number of rotatable bonds is 3. The smallest absolute Gasteiger partial charge is 0.162 e. The molecule has 5 heteroatoms. The quantitative estimate of drug-likeness (QED) is 0.622. The highest BCUT2D eigenvalue weighted by Gasteiger charge is 2.45. The molecule has 4 heterocycles. The zero-order valence-electron chi connectivity index (χ0n) is 16.4. The number of nitrogens with zero attached hydrogens (tertiary/aromatic N) is 5. The van der Waals surface area contributed by atoms with Crippen molar-refractivity contribution in [2.24, 2.45) is 0 Å². The Balaban J connectivity index is 1.75. The Morgan fingerprint density at radius 3 is 2.54 bits per heavy atom. The van der Waals surface area contributed by atoms with E-state index in [0.717, 1.165) is 42.9 Å². The summed E-state index contributed by atoms with van der Waals surface area (Å²) in [5.74, 6) is 0.974. The Kier molecular flexibility index (Phi) is 4.04. The van der Waals surface area contributed by atoms with Crippen LogP contribution in [-0.2, 0) is 5.41 Å². The third kappa shape index (κ3) is 2.35. The normalized spacial score (nSPS) is 19.6. The average Bonchev–Trinajstić information content (AvgIpc) is 3.02. The van der Waals surface area contributed by atoms with Crippen molar-refractivity contribution in [3.05, 3.63) is 66.9 Å². The Bertz CT molecular complexity index is 983. The first-order valence-electron chi connectivity index (χ1n) is 10.2. The summed E-state index contributed by atoms with van der Waals surface area (Å²) in [6.07, 6.45) is 12.0. The van der Waals surface area contributed by atoms with E-state index >= 15 is 0 Å². The van der Waals surface area contributed by atoms with Gasteiger partial charge in [0.05, 0.1) is 6.20 Å². The van der Waals surface area contributed by atoms with Crippen LogP contribution in [0, 0.1) is 0 Å². The fourth-order valence-electron chi connectivity index (χ4n) is 5.09. The highest BCUT2D eigenvalue weighted by Crippen LogP contribution is 2.54. The molecule has 0 spiro atoms. The van der Waals surface area contributed by atoms with Gasteiger partial charge < -0.3 is 9.80 Å². The first-order chi connectivity index (χ1) is 13.8. The van der Waals surface area contributed by atoms with E-state index in [1.54, 1.807) is 6.33 Å². The van der Waals surface area contributed by atoms with E-state index in [1.807, 2.05) is 18.6 Å². The number of anilines is 4. The lowest BCUT2D eigenvalue weighted by Crippen LogP contribution is -2.37. The van der Waals surface area contributed by atoms with Crippen molar-refractivity contribution in [1.29, 1.82) is 0 Å². The van der Waals surface area contributed by atoms with Gasteiger partial charge in [-0.3, -0.25) is 4.98 Å². The molecule has 1 aromatic carbocycles. The molecule has 142 valence electrons. The summed E-state index contributed by atoms with van der Waals surface area (Å²) < 4.78 is 0. The molecule has 0 N–H and O–H groups in total. The molecule has 0 fully saturated rings. The number of pyridine rings is 1. The SMILES string of the molecule is CCC1(CC)CCC2N(c3ccccc31)c1cncnc1N2c1ccncc1. The van der Waals surface area contributed by atoms with Gasteiger partial charge in [0.1, 0.15) is 18.2 Å². The van der Waals surface area contributed by atoms with Gasteiger partial charge in [-0.05, 0) is 54.9 Å². The molecule has 1 atom stereocenters. The maximum Gasteiger partial charge on any atom is 0.162 e. The molecule has 3 aromatic rings. The zero-order chi connectivity index (χ0) is 19.1. The zero-order valence-corrected chi connectivity index (χ0v) is 16.4. The van der Waals surface area contributed by atoms with E-state index in [4.69, 9.17) is 0 Å². The van der Waals surface area contributed by atoms with Crippen molar-refractivity contribution in [3.8, 4) is 0 Å². The fourth-order valence-corrected chi connectivity index (χ4v) is 5.09.